The van der Waals surface area contributed by atoms with Crippen molar-refractivity contribution in [1.82, 2.24) is 39.2 Å². The van der Waals surface area contributed by atoms with Crippen LogP contribution in [0.15, 0.2) is 18.6 Å². The second-order valence-corrected chi connectivity index (χ2v) is 11.3. The fourth-order valence-corrected chi connectivity index (χ4v) is 6.41. The van der Waals surface area contributed by atoms with Crippen molar-refractivity contribution in [2.24, 2.45) is 10.8 Å². The van der Waals surface area contributed by atoms with Gasteiger partial charge in [-0.25, -0.2) is 14.5 Å². The van der Waals surface area contributed by atoms with E-state index in [2.05, 4.69) is 20.1 Å². The molecular formula is C22H27F3N8O. The van der Waals surface area contributed by atoms with Crippen molar-refractivity contribution >= 4 is 6.03 Å². The Labute approximate surface area is 194 Å². The molecule has 2 aromatic heterocycles. The molecule has 34 heavy (non-hydrogen) atoms. The topological polar surface area (TPSA) is 75.3 Å². The number of halogens is 3. The number of amides is 2. The minimum atomic E-state index is -4.48. The fraction of sp³-hybridized carbons (Fsp3) is 0.727. The van der Waals surface area contributed by atoms with E-state index in [0.29, 0.717) is 24.2 Å². The minimum Gasteiger partial charge on any atom is -0.323 e. The summed E-state index contributed by atoms with van der Waals surface area (Å²) in [5.74, 6) is 1.56. The number of aromatic nitrogens is 5. The Hall–Kier alpha value is -2.63. The Morgan fingerprint density at radius 1 is 1.00 bits per heavy atom. The highest BCUT2D eigenvalue weighted by Gasteiger charge is 2.58. The van der Waals surface area contributed by atoms with Crippen molar-refractivity contribution in [3.8, 4) is 0 Å². The first-order chi connectivity index (χ1) is 16.2. The summed E-state index contributed by atoms with van der Waals surface area (Å²) >= 11 is 0. The minimum absolute atomic E-state index is 0.0448. The number of hydrogen-bond acceptors (Lipinski definition) is 5. The molecule has 2 aromatic rings. The molecule has 5 fully saturated rings. The maximum atomic E-state index is 12.9. The summed E-state index contributed by atoms with van der Waals surface area (Å²) in [6.07, 6.45) is 2.89. The van der Waals surface area contributed by atoms with E-state index < -0.39 is 6.30 Å². The second kappa shape index (κ2) is 6.73. The van der Waals surface area contributed by atoms with Crippen LogP contribution in [0, 0.1) is 10.8 Å². The molecule has 0 atom stereocenters. The van der Waals surface area contributed by atoms with Gasteiger partial charge >= 0.3 is 12.3 Å². The lowest BCUT2D eigenvalue weighted by Gasteiger charge is -2.63. The van der Waals surface area contributed by atoms with E-state index in [1.165, 1.54) is 18.9 Å². The third-order valence-corrected chi connectivity index (χ3v) is 8.23. The molecule has 5 heterocycles. The molecule has 2 amide bonds. The zero-order valence-electron chi connectivity index (χ0n) is 18.8. The molecule has 0 bridgehead atoms. The Morgan fingerprint density at radius 2 is 1.68 bits per heavy atom. The third kappa shape index (κ3) is 3.32. The number of alkyl halides is 3. The summed E-state index contributed by atoms with van der Waals surface area (Å²) in [4.78, 5) is 23.3. The van der Waals surface area contributed by atoms with Crippen molar-refractivity contribution < 1.29 is 18.0 Å². The van der Waals surface area contributed by atoms with Crippen LogP contribution < -0.4 is 0 Å². The number of likely N-dealkylation sites (tertiary alicyclic amines) is 3. The number of hydrogen-bond donors (Lipinski definition) is 0. The largest absolute Gasteiger partial charge is 0.504 e. The molecule has 7 rings (SSSR count). The zero-order chi connectivity index (χ0) is 23.3. The summed E-state index contributed by atoms with van der Waals surface area (Å²) in [6.45, 7) is 5.10. The first kappa shape index (κ1) is 20.7. The van der Waals surface area contributed by atoms with Crippen LogP contribution in [0.25, 0.3) is 0 Å². The monoisotopic (exact) mass is 476 g/mol. The van der Waals surface area contributed by atoms with Crippen LogP contribution in [-0.4, -0.2) is 84.5 Å². The van der Waals surface area contributed by atoms with E-state index in [1.807, 2.05) is 20.8 Å². The third-order valence-electron chi connectivity index (χ3n) is 8.23. The lowest BCUT2D eigenvalue weighted by atomic mass is 9.60. The van der Waals surface area contributed by atoms with Crippen molar-refractivity contribution in [3.05, 3.63) is 30.1 Å². The Morgan fingerprint density at radius 3 is 2.29 bits per heavy atom. The normalized spacial score (nSPS) is 25.7. The second-order valence-electron chi connectivity index (χ2n) is 11.3. The predicted molar refractivity (Wildman–Crippen MR) is 112 cm³/mol. The van der Waals surface area contributed by atoms with E-state index in [4.69, 9.17) is 0 Å². The van der Waals surface area contributed by atoms with Gasteiger partial charge in [0.25, 0.3) is 0 Å². The fourth-order valence-electron chi connectivity index (χ4n) is 6.41. The van der Waals surface area contributed by atoms with Crippen molar-refractivity contribution in [2.75, 3.05) is 39.3 Å². The zero-order valence-corrected chi connectivity index (χ0v) is 18.8. The van der Waals surface area contributed by atoms with Gasteiger partial charge in [-0.15, -0.1) is 13.2 Å². The van der Waals surface area contributed by atoms with Gasteiger partial charge < -0.3 is 9.80 Å². The van der Waals surface area contributed by atoms with E-state index in [0.717, 1.165) is 64.1 Å². The average molecular weight is 477 g/mol. The summed E-state index contributed by atoms with van der Waals surface area (Å²) in [6, 6.07) is 1.95. The molecule has 0 N–H and O–H groups in total. The number of carbonyl (C=O) groups excluding carboxylic acids is 1. The molecule has 5 aliphatic rings. The molecule has 182 valence electrons. The van der Waals surface area contributed by atoms with Gasteiger partial charge in [-0.2, -0.15) is 14.9 Å². The number of nitrogens with zero attached hydrogens (tertiary/aromatic N) is 8. The number of urea groups is 1. The van der Waals surface area contributed by atoms with Crippen molar-refractivity contribution in [2.45, 2.75) is 50.5 Å². The van der Waals surface area contributed by atoms with Crippen LogP contribution in [-0.2, 0) is 12.8 Å². The molecule has 12 heteroatoms. The highest BCUT2D eigenvalue weighted by atomic mass is 19.4. The first-order valence-corrected chi connectivity index (χ1v) is 12.0. The Balaban J connectivity index is 0.844. The quantitative estimate of drug-likeness (QED) is 0.678. The molecule has 3 saturated heterocycles. The van der Waals surface area contributed by atoms with Gasteiger partial charge in [-0.3, -0.25) is 4.90 Å². The van der Waals surface area contributed by atoms with Gasteiger partial charge in [0.2, 0.25) is 0 Å². The van der Waals surface area contributed by atoms with Gasteiger partial charge in [0.15, 0.2) is 5.82 Å². The SMILES string of the molecule is O=C(N1CC2(CC(n3cnc(C4CC4)n3)C2)C1)N1CC2(CN(Cc3ccn(C(F)(F)F)n3)C2)C1. The van der Waals surface area contributed by atoms with E-state index in [9.17, 15) is 18.0 Å². The average Bonchev–Trinajstić information content (AvgIpc) is 3.19. The molecule has 3 aliphatic heterocycles. The first-order valence-electron chi connectivity index (χ1n) is 12.0. The van der Waals surface area contributed by atoms with E-state index in [-0.39, 0.29) is 21.5 Å². The van der Waals surface area contributed by atoms with Gasteiger partial charge in [-0.1, -0.05) is 0 Å². The lowest BCUT2D eigenvalue weighted by molar-refractivity contribution is -0.212. The number of carbonyl (C=O) groups is 1. The summed E-state index contributed by atoms with van der Waals surface area (Å²) in [5.41, 5.74) is 0.763. The van der Waals surface area contributed by atoms with E-state index in [1.54, 1.807) is 0 Å². The maximum Gasteiger partial charge on any atom is 0.504 e. The van der Waals surface area contributed by atoms with Gasteiger partial charge in [-0.05, 0) is 31.7 Å². The van der Waals surface area contributed by atoms with Crippen LogP contribution in [0.3, 0.4) is 0 Å². The highest BCUT2D eigenvalue weighted by molar-refractivity contribution is 5.77. The molecule has 9 nitrogen and oxygen atoms in total. The predicted octanol–water partition coefficient (Wildman–Crippen LogP) is 2.40. The van der Waals surface area contributed by atoms with Crippen LogP contribution in [0.1, 0.15) is 49.2 Å². The van der Waals surface area contributed by atoms with Crippen molar-refractivity contribution in [1.29, 1.82) is 0 Å². The molecule has 2 spiro atoms. The molecule has 0 unspecified atom stereocenters. The van der Waals surface area contributed by atoms with Crippen LogP contribution in [0.4, 0.5) is 18.0 Å². The molecule has 2 aliphatic carbocycles. The van der Waals surface area contributed by atoms with Gasteiger partial charge in [0, 0.05) is 68.8 Å². The van der Waals surface area contributed by atoms with Crippen LogP contribution >= 0.6 is 0 Å². The van der Waals surface area contributed by atoms with Crippen LogP contribution in [0.2, 0.25) is 0 Å². The summed E-state index contributed by atoms with van der Waals surface area (Å²) in [5, 5.41) is 8.27. The van der Waals surface area contributed by atoms with Crippen molar-refractivity contribution in [3.63, 3.8) is 0 Å². The maximum absolute atomic E-state index is 12.9. The summed E-state index contributed by atoms with van der Waals surface area (Å²) in [7, 11) is 0. The van der Waals surface area contributed by atoms with Gasteiger partial charge in [0.1, 0.15) is 6.33 Å². The molecule has 0 aromatic carbocycles. The van der Waals surface area contributed by atoms with E-state index >= 15 is 0 Å². The molecular weight excluding hydrogens is 449 g/mol. The number of rotatable bonds is 4. The Kier molecular flexibility index (Phi) is 4.10. The Bertz CT molecular complexity index is 1110. The lowest BCUT2D eigenvalue weighted by Crippen LogP contribution is -2.75. The highest BCUT2D eigenvalue weighted by Crippen LogP contribution is 2.54. The molecule has 0 radical (unpaired) electrons. The summed E-state index contributed by atoms with van der Waals surface area (Å²) < 4.78 is 40.1. The molecule has 2 saturated carbocycles. The van der Waals surface area contributed by atoms with Crippen LogP contribution in [0.5, 0.6) is 0 Å². The smallest absolute Gasteiger partial charge is 0.323 e. The standard InChI is InChI=1S/C22H27F3N8O/c23-22(24,25)33-4-3-16(27-33)7-29-8-21(9-29)12-31(13-21)19(34)30-10-20(11-30)5-17(6-20)32-14-26-18(28-32)15-1-2-15/h3-4,14-15,17H,1-2,5-13H2. The van der Waals surface area contributed by atoms with Gasteiger partial charge in [0.05, 0.1) is 11.7 Å².